The summed E-state index contributed by atoms with van der Waals surface area (Å²) in [6, 6.07) is 0. The van der Waals surface area contributed by atoms with Crippen molar-refractivity contribution in [3.8, 4) is 0 Å². The number of fused-ring (bicyclic) bond motifs is 1. The van der Waals surface area contributed by atoms with Gasteiger partial charge in [0.2, 0.25) is 0 Å². The van der Waals surface area contributed by atoms with Gasteiger partial charge < -0.3 is 20.3 Å². The minimum atomic E-state index is -3.00. The van der Waals surface area contributed by atoms with E-state index in [2.05, 4.69) is 15.0 Å². The van der Waals surface area contributed by atoms with Crippen LogP contribution >= 0.6 is 0 Å². The van der Waals surface area contributed by atoms with Gasteiger partial charge >= 0.3 is 5.97 Å². The Morgan fingerprint density at radius 1 is 1.52 bits per heavy atom. The number of halogens is 2. The fourth-order valence-electron chi connectivity index (χ4n) is 2.46. The molecule has 25 heavy (non-hydrogen) atoms. The standard InChI is InChI=1S/C14H17F2N5O4/c1-6(2)13(23)24-3-14(16)9(15)8(22)12(25-14)21-5-20-7-10(17)18-4-19-11(7)21/h4-6,8-9,12,22H,3H2,1-2H3,(H2,17,18,19)/t8-,9+,12-,14-/m1/s1. The number of anilines is 1. The molecule has 3 heterocycles. The van der Waals surface area contributed by atoms with Crippen LogP contribution in [0.4, 0.5) is 14.6 Å². The lowest BCUT2D eigenvalue weighted by Gasteiger charge is -2.22. The van der Waals surface area contributed by atoms with Crippen molar-refractivity contribution in [2.45, 2.75) is 38.2 Å². The van der Waals surface area contributed by atoms with Gasteiger partial charge in [0.15, 0.2) is 30.5 Å². The molecule has 1 aliphatic rings. The van der Waals surface area contributed by atoms with E-state index >= 15 is 0 Å². The predicted octanol–water partition coefficient (Wildman–Crippen LogP) is 0.501. The molecule has 136 valence electrons. The molecular formula is C14H17F2N5O4. The number of aliphatic hydroxyl groups is 1. The Morgan fingerprint density at radius 3 is 2.92 bits per heavy atom. The molecule has 3 N–H and O–H groups in total. The maximum Gasteiger partial charge on any atom is 0.308 e. The van der Waals surface area contributed by atoms with E-state index < -0.39 is 42.9 Å². The van der Waals surface area contributed by atoms with E-state index in [4.69, 9.17) is 15.2 Å². The van der Waals surface area contributed by atoms with Crippen LogP contribution in [0, 0.1) is 5.92 Å². The predicted molar refractivity (Wildman–Crippen MR) is 80.4 cm³/mol. The van der Waals surface area contributed by atoms with Gasteiger partial charge in [-0.2, -0.15) is 0 Å². The normalized spacial score (nSPS) is 29.4. The molecule has 0 amide bonds. The molecule has 1 saturated heterocycles. The molecule has 0 saturated carbocycles. The highest BCUT2D eigenvalue weighted by Gasteiger charge is 2.58. The second-order valence-corrected chi connectivity index (χ2v) is 6.03. The molecule has 0 unspecified atom stereocenters. The van der Waals surface area contributed by atoms with Gasteiger partial charge in [0.05, 0.1) is 12.2 Å². The topological polar surface area (TPSA) is 125 Å². The van der Waals surface area contributed by atoms with E-state index in [1.165, 1.54) is 6.33 Å². The summed E-state index contributed by atoms with van der Waals surface area (Å²) in [6.45, 7) is 2.12. The second-order valence-electron chi connectivity index (χ2n) is 6.03. The molecule has 11 heteroatoms. The van der Waals surface area contributed by atoms with Gasteiger partial charge in [-0.05, 0) is 0 Å². The Kier molecular flexibility index (Phi) is 4.29. The first kappa shape index (κ1) is 17.4. The van der Waals surface area contributed by atoms with Gasteiger partial charge in [-0.1, -0.05) is 13.8 Å². The minimum absolute atomic E-state index is 0.0745. The number of aromatic nitrogens is 4. The van der Waals surface area contributed by atoms with Crippen LogP contribution in [0.3, 0.4) is 0 Å². The van der Waals surface area contributed by atoms with Crippen molar-refractivity contribution < 1.29 is 28.2 Å². The lowest BCUT2D eigenvalue weighted by Crippen LogP contribution is -2.41. The van der Waals surface area contributed by atoms with Gasteiger partial charge in [0, 0.05) is 0 Å². The van der Waals surface area contributed by atoms with Gasteiger partial charge in [0.25, 0.3) is 5.85 Å². The zero-order chi connectivity index (χ0) is 18.4. The number of hydrogen-bond donors (Lipinski definition) is 2. The Morgan fingerprint density at radius 2 is 2.24 bits per heavy atom. The number of nitrogen functional groups attached to an aromatic ring is 1. The smallest absolute Gasteiger partial charge is 0.308 e. The molecule has 3 rings (SSSR count). The van der Waals surface area contributed by atoms with Crippen molar-refractivity contribution in [1.29, 1.82) is 0 Å². The van der Waals surface area contributed by atoms with Crippen LogP contribution in [0.1, 0.15) is 20.1 Å². The van der Waals surface area contributed by atoms with Crippen molar-refractivity contribution in [2.75, 3.05) is 12.3 Å². The Balaban J connectivity index is 1.86. The molecule has 4 atom stereocenters. The highest BCUT2D eigenvalue weighted by Crippen LogP contribution is 2.41. The van der Waals surface area contributed by atoms with Gasteiger partial charge in [-0.25, -0.2) is 23.7 Å². The van der Waals surface area contributed by atoms with E-state index in [1.54, 1.807) is 13.8 Å². The number of aliphatic hydroxyl groups excluding tert-OH is 1. The molecular weight excluding hydrogens is 340 g/mol. The van der Waals surface area contributed by atoms with Crippen molar-refractivity contribution in [1.82, 2.24) is 19.5 Å². The average molecular weight is 357 g/mol. The number of ether oxygens (including phenoxy) is 2. The zero-order valence-corrected chi connectivity index (χ0v) is 13.5. The van der Waals surface area contributed by atoms with E-state index in [9.17, 15) is 18.7 Å². The summed E-state index contributed by atoms with van der Waals surface area (Å²) in [7, 11) is 0. The van der Waals surface area contributed by atoms with Gasteiger partial charge in [-0.15, -0.1) is 0 Å². The summed E-state index contributed by atoms with van der Waals surface area (Å²) in [5.41, 5.74) is 6.01. The highest BCUT2D eigenvalue weighted by molar-refractivity contribution is 5.81. The van der Waals surface area contributed by atoms with Gasteiger partial charge in [0.1, 0.15) is 17.9 Å². The van der Waals surface area contributed by atoms with Crippen LogP contribution in [0.5, 0.6) is 0 Å². The van der Waals surface area contributed by atoms with Crippen LogP contribution in [0.25, 0.3) is 11.2 Å². The number of esters is 1. The summed E-state index contributed by atoms with van der Waals surface area (Å²) < 4.78 is 40.0. The fraction of sp³-hybridized carbons (Fsp3) is 0.571. The zero-order valence-electron chi connectivity index (χ0n) is 13.5. The molecule has 9 nitrogen and oxygen atoms in total. The number of alkyl halides is 2. The Labute approximate surface area is 140 Å². The number of nitrogens with two attached hydrogens (primary N) is 1. The third kappa shape index (κ3) is 2.89. The molecule has 2 aromatic heterocycles. The average Bonchev–Trinajstić information content (AvgIpc) is 3.09. The number of carbonyl (C=O) groups excluding carboxylic acids is 1. The number of hydrogen-bond acceptors (Lipinski definition) is 8. The van der Waals surface area contributed by atoms with E-state index in [-0.39, 0.29) is 17.0 Å². The van der Waals surface area contributed by atoms with E-state index in [1.807, 2.05) is 0 Å². The molecule has 1 fully saturated rings. The van der Waals surface area contributed by atoms with E-state index in [0.717, 1.165) is 10.9 Å². The van der Waals surface area contributed by atoms with Crippen LogP contribution in [0.2, 0.25) is 0 Å². The summed E-state index contributed by atoms with van der Waals surface area (Å²) in [6.07, 6.45) is -3.43. The number of nitrogens with zero attached hydrogens (tertiary/aromatic N) is 4. The SMILES string of the molecule is CC(C)C(=O)OC[C@@]1(F)O[C@@H](n2cnc3c(N)ncnc32)[C@H](O)[C@@H]1F. The molecule has 0 aromatic carbocycles. The van der Waals surface area contributed by atoms with Gasteiger partial charge in [-0.3, -0.25) is 9.36 Å². The minimum Gasteiger partial charge on any atom is -0.459 e. The van der Waals surface area contributed by atoms with Crippen molar-refractivity contribution in [3.63, 3.8) is 0 Å². The molecule has 0 bridgehead atoms. The Bertz CT molecular complexity index is 801. The number of rotatable bonds is 4. The third-order valence-corrected chi connectivity index (χ3v) is 3.86. The third-order valence-electron chi connectivity index (χ3n) is 3.86. The van der Waals surface area contributed by atoms with Crippen LogP contribution in [-0.2, 0) is 14.3 Å². The molecule has 1 aliphatic heterocycles. The maximum atomic E-state index is 14.8. The van der Waals surface area contributed by atoms with E-state index in [0.29, 0.717) is 0 Å². The van der Waals surface area contributed by atoms with Crippen LogP contribution < -0.4 is 5.73 Å². The molecule has 0 aliphatic carbocycles. The summed E-state index contributed by atoms with van der Waals surface area (Å²) in [5, 5.41) is 10.1. The molecule has 2 aromatic rings. The quantitative estimate of drug-likeness (QED) is 0.758. The van der Waals surface area contributed by atoms with Crippen molar-refractivity contribution >= 4 is 23.0 Å². The largest absolute Gasteiger partial charge is 0.459 e. The summed E-state index contributed by atoms with van der Waals surface area (Å²) >= 11 is 0. The first-order chi connectivity index (χ1) is 11.7. The lowest BCUT2D eigenvalue weighted by molar-refractivity contribution is -0.208. The second kappa shape index (κ2) is 6.15. The van der Waals surface area contributed by atoms with Crippen molar-refractivity contribution in [3.05, 3.63) is 12.7 Å². The van der Waals surface area contributed by atoms with Crippen LogP contribution in [0.15, 0.2) is 12.7 Å². The summed E-state index contributed by atoms with van der Waals surface area (Å²) in [4.78, 5) is 23.1. The molecule has 0 radical (unpaired) electrons. The number of carbonyl (C=O) groups is 1. The number of imidazole rings is 1. The fourth-order valence-corrected chi connectivity index (χ4v) is 2.46. The monoisotopic (exact) mass is 357 g/mol. The Hall–Kier alpha value is -2.40. The maximum absolute atomic E-state index is 14.8. The lowest BCUT2D eigenvalue weighted by atomic mass is 10.1. The highest BCUT2D eigenvalue weighted by atomic mass is 19.2. The summed E-state index contributed by atoms with van der Waals surface area (Å²) in [5.74, 6) is -4.14. The van der Waals surface area contributed by atoms with Crippen molar-refractivity contribution in [2.24, 2.45) is 5.92 Å². The first-order valence-corrected chi connectivity index (χ1v) is 7.53. The molecule has 0 spiro atoms. The first-order valence-electron chi connectivity index (χ1n) is 7.53. The van der Waals surface area contributed by atoms with Crippen LogP contribution in [-0.4, -0.2) is 55.3 Å².